The van der Waals surface area contributed by atoms with Crippen molar-refractivity contribution in [1.82, 2.24) is 10.2 Å². The number of unbranched alkanes of at least 4 members (excludes halogenated alkanes) is 1. The van der Waals surface area contributed by atoms with Crippen LogP contribution in [0.25, 0.3) is 0 Å². The molecule has 0 aromatic heterocycles. The van der Waals surface area contributed by atoms with Crippen LogP contribution in [0.4, 0.5) is 0 Å². The number of rotatable bonds is 9. The van der Waals surface area contributed by atoms with E-state index in [1.807, 2.05) is 18.2 Å². The molecule has 0 saturated carbocycles. The number of carbonyl (C=O) groups is 1. The molecule has 1 aromatic rings. The third-order valence-electron chi connectivity index (χ3n) is 4.82. The summed E-state index contributed by atoms with van der Waals surface area (Å²) in [7, 11) is 1.46. The van der Waals surface area contributed by atoms with Crippen molar-refractivity contribution in [2.75, 3.05) is 39.9 Å². The van der Waals surface area contributed by atoms with Gasteiger partial charge in [-0.25, -0.2) is 0 Å². The number of halogens is 1. The van der Waals surface area contributed by atoms with Crippen molar-refractivity contribution in [3.63, 3.8) is 0 Å². The molecule has 0 radical (unpaired) electrons. The Hall–Kier alpha value is -1.35. The molecule has 1 fully saturated rings. The number of methoxy groups -OCH3 is 1. The highest BCUT2D eigenvalue weighted by Crippen LogP contribution is 2.24. The van der Waals surface area contributed by atoms with Gasteiger partial charge >= 0.3 is 5.97 Å². The summed E-state index contributed by atoms with van der Waals surface area (Å²) in [6.45, 7) is 8.61. The lowest BCUT2D eigenvalue weighted by atomic mass is 9.99. The van der Waals surface area contributed by atoms with Crippen LogP contribution in [0.2, 0.25) is 0 Å². The van der Waals surface area contributed by atoms with E-state index in [0.717, 1.165) is 45.0 Å². The summed E-state index contributed by atoms with van der Waals surface area (Å²) in [6, 6.07) is 10.2. The largest absolute Gasteiger partial charge is 0.469 e. The molecule has 1 N–H and O–H groups in total. The van der Waals surface area contributed by atoms with E-state index >= 15 is 0 Å². The van der Waals surface area contributed by atoms with E-state index in [1.54, 1.807) is 0 Å². The second kappa shape index (κ2) is 13.8. The van der Waals surface area contributed by atoms with Crippen LogP contribution in [0.3, 0.4) is 0 Å². The van der Waals surface area contributed by atoms with Gasteiger partial charge in [-0.05, 0) is 31.2 Å². The van der Waals surface area contributed by atoms with E-state index < -0.39 is 0 Å². The predicted octanol–water partition coefficient (Wildman–Crippen LogP) is 3.31. The number of ether oxygens (including phenoxy) is 2. The Labute approximate surface area is 186 Å². The van der Waals surface area contributed by atoms with Crippen LogP contribution in [0.1, 0.15) is 32.3 Å². The number of nitrogens with zero attached hydrogens (tertiary/aromatic N) is 2. The molecule has 1 aromatic carbocycles. The van der Waals surface area contributed by atoms with Crippen LogP contribution in [0.5, 0.6) is 0 Å². The normalized spacial score (nSPS) is 19.2. The number of nitrogens with one attached hydrogen (secondary N) is 1. The second-order valence-corrected chi connectivity index (χ2v) is 6.99. The number of aliphatic imine (C=N–C) groups is 1. The smallest absolute Gasteiger partial charge is 0.310 e. The SMILES string of the molecule is CCNC(=NCCCCOCc1ccccc1)N1CC(C)C(C(=O)OC)C1.I. The number of esters is 1. The van der Waals surface area contributed by atoms with E-state index in [4.69, 9.17) is 14.5 Å². The molecule has 0 bridgehead atoms. The van der Waals surface area contributed by atoms with Crippen LogP contribution >= 0.6 is 24.0 Å². The van der Waals surface area contributed by atoms with Crippen molar-refractivity contribution in [3.05, 3.63) is 35.9 Å². The first-order chi connectivity index (χ1) is 13.2. The number of likely N-dealkylation sites (tertiary alicyclic amines) is 1. The molecular weight excluding hydrogens is 469 g/mol. The van der Waals surface area contributed by atoms with E-state index in [9.17, 15) is 4.79 Å². The first-order valence-corrected chi connectivity index (χ1v) is 9.88. The molecule has 2 atom stereocenters. The average molecular weight is 503 g/mol. The number of hydrogen-bond acceptors (Lipinski definition) is 4. The minimum absolute atomic E-state index is 0. The summed E-state index contributed by atoms with van der Waals surface area (Å²) in [5.74, 6) is 0.954. The zero-order valence-corrected chi connectivity index (χ0v) is 19.6. The Morgan fingerprint density at radius 3 is 2.68 bits per heavy atom. The molecule has 28 heavy (non-hydrogen) atoms. The van der Waals surface area contributed by atoms with Crippen molar-refractivity contribution in [2.24, 2.45) is 16.8 Å². The van der Waals surface area contributed by atoms with E-state index in [1.165, 1.54) is 12.7 Å². The van der Waals surface area contributed by atoms with Gasteiger partial charge in [0.25, 0.3) is 0 Å². The van der Waals surface area contributed by atoms with Gasteiger partial charge in [-0.3, -0.25) is 9.79 Å². The number of hydrogen-bond donors (Lipinski definition) is 1. The van der Waals surface area contributed by atoms with Gasteiger partial charge < -0.3 is 19.7 Å². The summed E-state index contributed by atoms with van der Waals surface area (Å²) in [6.07, 6.45) is 1.96. The predicted molar refractivity (Wildman–Crippen MR) is 123 cm³/mol. The lowest BCUT2D eigenvalue weighted by Gasteiger charge is -2.21. The molecule has 7 heteroatoms. The highest BCUT2D eigenvalue weighted by atomic mass is 127. The van der Waals surface area contributed by atoms with Gasteiger partial charge in [0.15, 0.2) is 5.96 Å². The third-order valence-corrected chi connectivity index (χ3v) is 4.82. The Morgan fingerprint density at radius 1 is 1.25 bits per heavy atom. The molecule has 0 amide bonds. The minimum Gasteiger partial charge on any atom is -0.469 e. The number of carbonyl (C=O) groups excluding carboxylic acids is 1. The van der Waals surface area contributed by atoms with Crippen molar-refractivity contribution in [3.8, 4) is 0 Å². The highest BCUT2D eigenvalue weighted by Gasteiger charge is 2.36. The van der Waals surface area contributed by atoms with E-state index in [-0.39, 0.29) is 41.8 Å². The molecule has 0 aliphatic carbocycles. The summed E-state index contributed by atoms with van der Waals surface area (Å²) < 4.78 is 10.6. The summed E-state index contributed by atoms with van der Waals surface area (Å²) >= 11 is 0. The molecule has 1 aliphatic heterocycles. The minimum atomic E-state index is -0.128. The molecule has 1 heterocycles. The van der Waals surface area contributed by atoms with E-state index in [2.05, 4.69) is 36.2 Å². The van der Waals surface area contributed by atoms with Gasteiger partial charge in [0.2, 0.25) is 0 Å². The van der Waals surface area contributed by atoms with Crippen molar-refractivity contribution < 1.29 is 14.3 Å². The van der Waals surface area contributed by atoms with Crippen molar-refractivity contribution in [1.29, 1.82) is 0 Å². The molecule has 2 rings (SSSR count). The van der Waals surface area contributed by atoms with Gasteiger partial charge in [0, 0.05) is 32.8 Å². The van der Waals surface area contributed by atoms with Gasteiger partial charge in [0.05, 0.1) is 19.6 Å². The van der Waals surface area contributed by atoms with Crippen LogP contribution < -0.4 is 5.32 Å². The van der Waals surface area contributed by atoms with Gasteiger partial charge in [-0.1, -0.05) is 37.3 Å². The quantitative estimate of drug-likeness (QED) is 0.184. The fourth-order valence-corrected chi connectivity index (χ4v) is 3.29. The first-order valence-electron chi connectivity index (χ1n) is 9.88. The number of guanidine groups is 1. The van der Waals surface area contributed by atoms with Gasteiger partial charge in [0.1, 0.15) is 0 Å². The Kier molecular flexibility index (Phi) is 12.1. The van der Waals surface area contributed by atoms with E-state index in [0.29, 0.717) is 13.2 Å². The monoisotopic (exact) mass is 503 g/mol. The zero-order valence-electron chi connectivity index (χ0n) is 17.2. The van der Waals surface area contributed by atoms with Crippen LogP contribution in [-0.2, 0) is 20.9 Å². The fraction of sp³-hybridized carbons (Fsp3) is 0.619. The molecule has 1 saturated heterocycles. The zero-order chi connectivity index (χ0) is 19.5. The maximum atomic E-state index is 11.9. The van der Waals surface area contributed by atoms with Crippen LogP contribution in [0, 0.1) is 11.8 Å². The number of benzene rings is 1. The highest BCUT2D eigenvalue weighted by molar-refractivity contribution is 14.0. The molecule has 6 nitrogen and oxygen atoms in total. The summed E-state index contributed by atoms with van der Waals surface area (Å²) in [4.78, 5) is 18.8. The summed E-state index contributed by atoms with van der Waals surface area (Å²) in [5, 5.41) is 3.34. The maximum absolute atomic E-state index is 11.9. The van der Waals surface area contributed by atoms with Crippen molar-refractivity contribution in [2.45, 2.75) is 33.3 Å². The lowest BCUT2D eigenvalue weighted by molar-refractivity contribution is -0.145. The molecular formula is C21H34IN3O3. The lowest BCUT2D eigenvalue weighted by Crippen LogP contribution is -2.40. The van der Waals surface area contributed by atoms with Crippen LogP contribution in [-0.4, -0.2) is 56.7 Å². The standard InChI is InChI=1S/C21H33N3O3.HI/c1-4-22-21(24-14-17(2)19(15-24)20(25)26-3)23-12-8-9-13-27-16-18-10-6-5-7-11-18;/h5-7,10-11,17,19H,4,8-9,12-16H2,1-3H3,(H,22,23);1H. The third kappa shape index (κ3) is 7.95. The maximum Gasteiger partial charge on any atom is 0.310 e. The molecule has 1 aliphatic rings. The molecule has 2 unspecified atom stereocenters. The fourth-order valence-electron chi connectivity index (χ4n) is 3.29. The summed E-state index contributed by atoms with van der Waals surface area (Å²) in [5.41, 5.74) is 1.20. The van der Waals surface area contributed by atoms with Crippen molar-refractivity contribution >= 4 is 35.9 Å². The molecule has 158 valence electrons. The Morgan fingerprint density at radius 2 is 2.00 bits per heavy atom. The first kappa shape index (κ1) is 24.7. The Balaban J connectivity index is 0.00000392. The Bertz CT molecular complexity index is 598. The second-order valence-electron chi connectivity index (χ2n) is 6.99. The van der Waals surface area contributed by atoms with Crippen LogP contribution in [0.15, 0.2) is 35.3 Å². The average Bonchev–Trinajstić information content (AvgIpc) is 3.08. The van der Waals surface area contributed by atoms with Gasteiger partial charge in [-0.15, -0.1) is 24.0 Å². The van der Waals surface area contributed by atoms with Gasteiger partial charge in [-0.2, -0.15) is 0 Å². The topological polar surface area (TPSA) is 63.2 Å². The molecule has 0 spiro atoms.